The minimum atomic E-state index is -3.94. The fourth-order valence-electron chi connectivity index (χ4n) is 5.17. The molecule has 6 atom stereocenters. The molecule has 0 saturated carbocycles. The number of aliphatic hydroxyl groups is 1. The van der Waals surface area contributed by atoms with Crippen LogP contribution in [-0.4, -0.2) is 87.9 Å². The summed E-state index contributed by atoms with van der Waals surface area (Å²) in [5.74, 6) is -0.162. The minimum absolute atomic E-state index is 0.00896. The SMILES string of the molecule is CN[C@H]1CO[C@@H]2OC[C@H](OC(=O)N[C@@H](Cc3ccccc3)[C@H](O)CN(CC(C)C)S(=O)(=O)c3ccc(N)cc3)[C@@H]21. The van der Waals surface area contributed by atoms with Gasteiger partial charge in [-0.15, -0.1) is 0 Å². The number of rotatable bonds is 12. The van der Waals surface area contributed by atoms with E-state index in [0.717, 1.165) is 5.56 Å². The predicted molar refractivity (Wildman–Crippen MR) is 150 cm³/mol. The van der Waals surface area contributed by atoms with Crippen LogP contribution in [0.1, 0.15) is 19.4 Å². The van der Waals surface area contributed by atoms with Crippen molar-refractivity contribution in [1.29, 1.82) is 0 Å². The van der Waals surface area contributed by atoms with E-state index in [1.54, 1.807) is 0 Å². The van der Waals surface area contributed by atoms with Crippen molar-refractivity contribution in [1.82, 2.24) is 14.9 Å². The third-order valence-electron chi connectivity index (χ3n) is 7.25. The van der Waals surface area contributed by atoms with E-state index >= 15 is 0 Å². The Kier molecular flexibility index (Phi) is 10.0. The molecule has 2 aliphatic rings. The number of nitrogens with two attached hydrogens (primary N) is 1. The fourth-order valence-corrected chi connectivity index (χ4v) is 6.79. The molecule has 2 aromatic rings. The molecule has 2 fully saturated rings. The van der Waals surface area contributed by atoms with Gasteiger partial charge in [0, 0.05) is 24.8 Å². The van der Waals surface area contributed by atoms with Gasteiger partial charge in [-0.3, -0.25) is 0 Å². The van der Waals surface area contributed by atoms with Gasteiger partial charge < -0.3 is 35.7 Å². The summed E-state index contributed by atoms with van der Waals surface area (Å²) in [6, 6.07) is 14.5. The monoisotopic (exact) mass is 576 g/mol. The molecule has 2 aliphatic heterocycles. The highest BCUT2D eigenvalue weighted by molar-refractivity contribution is 7.89. The van der Waals surface area contributed by atoms with Gasteiger partial charge in [0.25, 0.3) is 0 Å². The molecule has 12 heteroatoms. The highest BCUT2D eigenvalue weighted by atomic mass is 32.2. The normalized spacial score (nSPS) is 24.1. The predicted octanol–water partition coefficient (Wildman–Crippen LogP) is 1.57. The van der Waals surface area contributed by atoms with Crippen LogP contribution in [0.4, 0.5) is 10.5 Å². The number of anilines is 1. The van der Waals surface area contributed by atoms with Crippen molar-refractivity contribution in [2.24, 2.45) is 11.8 Å². The summed E-state index contributed by atoms with van der Waals surface area (Å²) in [5, 5.41) is 17.4. The number of nitrogens with one attached hydrogen (secondary N) is 2. The Morgan fingerprint density at radius 1 is 1.10 bits per heavy atom. The Labute approximate surface area is 236 Å². The smallest absolute Gasteiger partial charge is 0.407 e. The van der Waals surface area contributed by atoms with E-state index in [4.69, 9.17) is 19.9 Å². The number of fused-ring (bicyclic) bond motifs is 1. The van der Waals surface area contributed by atoms with Crippen LogP contribution >= 0.6 is 0 Å². The van der Waals surface area contributed by atoms with Crippen LogP contribution in [0.3, 0.4) is 0 Å². The third-order valence-corrected chi connectivity index (χ3v) is 9.09. The summed E-state index contributed by atoms with van der Waals surface area (Å²) >= 11 is 0. The number of likely N-dealkylation sites (N-methyl/N-ethyl adjacent to an activating group) is 1. The number of alkyl carbamates (subject to hydrolysis) is 1. The van der Waals surface area contributed by atoms with E-state index < -0.39 is 40.7 Å². The van der Waals surface area contributed by atoms with Crippen LogP contribution < -0.4 is 16.4 Å². The summed E-state index contributed by atoms with van der Waals surface area (Å²) < 4.78 is 45.4. The van der Waals surface area contributed by atoms with Gasteiger partial charge in [0.15, 0.2) is 6.29 Å². The number of nitrogens with zero attached hydrogens (tertiary/aromatic N) is 1. The molecule has 4 rings (SSSR count). The van der Waals surface area contributed by atoms with Gasteiger partial charge in [0.1, 0.15) is 6.10 Å². The fraction of sp³-hybridized carbons (Fsp3) is 0.536. The first-order chi connectivity index (χ1) is 19.1. The van der Waals surface area contributed by atoms with Crippen LogP contribution in [0.2, 0.25) is 0 Å². The van der Waals surface area contributed by atoms with E-state index in [0.29, 0.717) is 12.3 Å². The maximum atomic E-state index is 13.5. The van der Waals surface area contributed by atoms with Crippen molar-refractivity contribution < 1.29 is 32.5 Å². The van der Waals surface area contributed by atoms with Gasteiger partial charge >= 0.3 is 6.09 Å². The number of hydrogen-bond acceptors (Lipinski definition) is 9. The van der Waals surface area contributed by atoms with Gasteiger partial charge in [0.05, 0.1) is 36.2 Å². The molecule has 5 N–H and O–H groups in total. The lowest BCUT2D eigenvalue weighted by Gasteiger charge is -2.31. The Hall–Kier alpha value is -2.74. The summed E-state index contributed by atoms with van der Waals surface area (Å²) in [4.78, 5) is 13.2. The Balaban J connectivity index is 1.51. The van der Waals surface area contributed by atoms with Gasteiger partial charge in [-0.2, -0.15) is 4.31 Å². The maximum Gasteiger partial charge on any atom is 0.407 e. The number of benzene rings is 2. The first kappa shape index (κ1) is 30.2. The van der Waals surface area contributed by atoms with Gasteiger partial charge in [-0.25, -0.2) is 13.2 Å². The van der Waals surface area contributed by atoms with E-state index in [1.165, 1.54) is 28.6 Å². The highest BCUT2D eigenvalue weighted by Gasteiger charge is 2.49. The van der Waals surface area contributed by atoms with Crippen molar-refractivity contribution >= 4 is 21.8 Å². The van der Waals surface area contributed by atoms with Gasteiger partial charge in [-0.05, 0) is 49.2 Å². The number of carbonyl (C=O) groups excluding carboxylic acids is 1. The lowest BCUT2D eigenvalue weighted by Crippen LogP contribution is -2.52. The van der Waals surface area contributed by atoms with Crippen LogP contribution in [-0.2, 0) is 30.7 Å². The Morgan fingerprint density at radius 3 is 2.42 bits per heavy atom. The van der Waals surface area contributed by atoms with Crippen LogP contribution in [0.25, 0.3) is 0 Å². The van der Waals surface area contributed by atoms with E-state index in [9.17, 15) is 18.3 Å². The third kappa shape index (κ3) is 7.31. The molecule has 2 aromatic carbocycles. The number of ether oxygens (including phenoxy) is 3. The van der Waals surface area contributed by atoms with Crippen molar-refractivity contribution in [2.75, 3.05) is 39.1 Å². The Morgan fingerprint density at radius 2 is 1.77 bits per heavy atom. The first-order valence-corrected chi connectivity index (χ1v) is 15.0. The van der Waals surface area contributed by atoms with E-state index in [1.807, 2.05) is 51.2 Å². The summed E-state index contributed by atoms with van der Waals surface area (Å²) in [6.45, 7) is 4.41. The van der Waals surface area contributed by atoms with Crippen LogP contribution in [0.15, 0.2) is 59.5 Å². The van der Waals surface area contributed by atoms with Crippen LogP contribution in [0.5, 0.6) is 0 Å². The molecule has 40 heavy (non-hydrogen) atoms. The van der Waals surface area contributed by atoms with Crippen molar-refractivity contribution in [3.63, 3.8) is 0 Å². The Bertz CT molecular complexity index is 1210. The molecule has 0 bridgehead atoms. The molecular formula is C28H40N4O7S. The number of amides is 1. The topological polar surface area (TPSA) is 152 Å². The largest absolute Gasteiger partial charge is 0.443 e. The average molecular weight is 577 g/mol. The van der Waals surface area contributed by atoms with Gasteiger partial charge in [-0.1, -0.05) is 44.2 Å². The maximum absolute atomic E-state index is 13.5. The second kappa shape index (κ2) is 13.3. The van der Waals surface area contributed by atoms with Crippen molar-refractivity contribution in [2.45, 2.75) is 55.7 Å². The molecule has 220 valence electrons. The molecule has 0 spiro atoms. The lowest BCUT2D eigenvalue weighted by atomic mass is 9.98. The molecule has 2 heterocycles. The molecular weight excluding hydrogens is 536 g/mol. The zero-order chi connectivity index (χ0) is 28.9. The number of sulfonamides is 1. The minimum Gasteiger partial charge on any atom is -0.443 e. The van der Waals surface area contributed by atoms with Crippen molar-refractivity contribution in [3.05, 3.63) is 60.2 Å². The number of hydrogen-bond donors (Lipinski definition) is 4. The summed E-state index contributed by atoms with van der Waals surface area (Å²) in [6.07, 6.45) is -2.65. The number of nitrogen functional groups attached to an aromatic ring is 1. The van der Waals surface area contributed by atoms with Gasteiger partial charge in [0.2, 0.25) is 10.0 Å². The molecule has 0 radical (unpaired) electrons. The molecule has 0 aliphatic carbocycles. The zero-order valence-corrected chi connectivity index (χ0v) is 23.9. The molecule has 2 saturated heterocycles. The standard InChI is InChI=1S/C28H40N4O7S/c1-18(2)14-32(40(35,36)21-11-9-20(29)10-12-21)15-24(33)22(13-19-7-5-4-6-8-19)31-28(34)39-25-17-38-27-26(25)23(30-3)16-37-27/h4-12,18,22-27,30,33H,13-17,29H2,1-3H3,(H,31,34)/t22-,23-,24+,25-,26-,27+/m0/s1. The molecule has 0 aromatic heterocycles. The zero-order valence-electron chi connectivity index (χ0n) is 23.1. The second-order valence-electron chi connectivity index (χ2n) is 10.7. The van der Waals surface area contributed by atoms with E-state index in [-0.39, 0.29) is 48.9 Å². The molecule has 0 unspecified atom stereocenters. The first-order valence-electron chi connectivity index (χ1n) is 13.5. The van der Waals surface area contributed by atoms with E-state index in [2.05, 4.69) is 10.6 Å². The lowest BCUT2D eigenvalue weighted by molar-refractivity contribution is -0.0908. The van der Waals surface area contributed by atoms with Crippen LogP contribution in [0, 0.1) is 11.8 Å². The quantitative estimate of drug-likeness (QED) is 0.276. The summed E-state index contributed by atoms with van der Waals surface area (Å²) in [7, 11) is -2.13. The molecule has 11 nitrogen and oxygen atoms in total. The number of carbonyl (C=O) groups is 1. The highest BCUT2D eigenvalue weighted by Crippen LogP contribution is 2.33. The summed E-state index contributed by atoms with van der Waals surface area (Å²) in [5.41, 5.74) is 7.07. The van der Waals surface area contributed by atoms with Crippen molar-refractivity contribution in [3.8, 4) is 0 Å². The second-order valence-corrected chi connectivity index (χ2v) is 12.7. The molecule has 1 amide bonds. The number of aliphatic hydroxyl groups excluding tert-OH is 1. The average Bonchev–Trinajstić information content (AvgIpc) is 3.51.